The van der Waals surface area contributed by atoms with Crippen molar-refractivity contribution in [2.75, 3.05) is 11.9 Å². The molecule has 0 bridgehead atoms. The van der Waals surface area contributed by atoms with Gasteiger partial charge in [0.25, 0.3) is 0 Å². The van der Waals surface area contributed by atoms with Crippen LogP contribution in [0.2, 0.25) is 0 Å². The van der Waals surface area contributed by atoms with E-state index in [0.29, 0.717) is 11.9 Å². The highest BCUT2D eigenvalue weighted by Gasteiger charge is 2.12. The monoisotopic (exact) mass is 262 g/mol. The van der Waals surface area contributed by atoms with Gasteiger partial charge in [-0.25, -0.2) is 0 Å². The van der Waals surface area contributed by atoms with Crippen molar-refractivity contribution in [2.45, 2.75) is 26.5 Å². The van der Waals surface area contributed by atoms with E-state index >= 15 is 0 Å². The second kappa shape index (κ2) is 6.31. The SMILES string of the molecule is CCNC(C)c1nnc(Nc2ccc(CO)cc2)o1. The summed E-state index contributed by atoms with van der Waals surface area (Å²) in [6.07, 6.45) is 0. The van der Waals surface area contributed by atoms with Gasteiger partial charge in [-0.05, 0) is 31.2 Å². The van der Waals surface area contributed by atoms with Gasteiger partial charge in [0.1, 0.15) is 0 Å². The van der Waals surface area contributed by atoms with Crippen molar-refractivity contribution < 1.29 is 9.52 Å². The van der Waals surface area contributed by atoms with E-state index in [1.807, 2.05) is 38.1 Å². The minimum atomic E-state index is 0.0322. The van der Waals surface area contributed by atoms with Crippen molar-refractivity contribution in [1.82, 2.24) is 15.5 Å². The van der Waals surface area contributed by atoms with Crippen LogP contribution in [0.5, 0.6) is 0 Å². The normalized spacial score (nSPS) is 12.4. The first kappa shape index (κ1) is 13.5. The first-order valence-electron chi connectivity index (χ1n) is 6.26. The Morgan fingerprint density at radius 2 is 2.00 bits per heavy atom. The molecule has 6 nitrogen and oxygen atoms in total. The van der Waals surface area contributed by atoms with Gasteiger partial charge in [0, 0.05) is 5.69 Å². The molecule has 0 amide bonds. The second-order valence-corrected chi connectivity index (χ2v) is 4.20. The van der Waals surface area contributed by atoms with Crippen LogP contribution in [0.1, 0.15) is 31.3 Å². The summed E-state index contributed by atoms with van der Waals surface area (Å²) in [5, 5.41) is 23.1. The minimum absolute atomic E-state index is 0.0322. The summed E-state index contributed by atoms with van der Waals surface area (Å²) in [6.45, 7) is 4.87. The smallest absolute Gasteiger partial charge is 0.320 e. The third-order valence-electron chi connectivity index (χ3n) is 2.71. The number of nitrogens with zero attached hydrogens (tertiary/aromatic N) is 2. The van der Waals surface area contributed by atoms with E-state index in [2.05, 4.69) is 20.8 Å². The maximum absolute atomic E-state index is 8.96. The van der Waals surface area contributed by atoms with Crippen LogP contribution in [0.4, 0.5) is 11.7 Å². The van der Waals surface area contributed by atoms with Crippen LogP contribution >= 0.6 is 0 Å². The molecule has 0 fully saturated rings. The van der Waals surface area contributed by atoms with Crippen molar-refractivity contribution in [2.24, 2.45) is 0 Å². The highest BCUT2D eigenvalue weighted by Crippen LogP contribution is 2.18. The lowest BCUT2D eigenvalue weighted by Crippen LogP contribution is -2.17. The number of benzene rings is 1. The summed E-state index contributed by atoms with van der Waals surface area (Å²) in [4.78, 5) is 0. The number of hydrogen-bond acceptors (Lipinski definition) is 6. The molecule has 6 heteroatoms. The van der Waals surface area contributed by atoms with Gasteiger partial charge in [-0.2, -0.15) is 0 Å². The predicted molar refractivity (Wildman–Crippen MR) is 72.0 cm³/mol. The molecule has 1 aromatic heterocycles. The third-order valence-corrected chi connectivity index (χ3v) is 2.71. The lowest BCUT2D eigenvalue weighted by Gasteiger charge is -2.06. The molecule has 0 saturated carbocycles. The molecular weight excluding hydrogens is 244 g/mol. The molecule has 0 aliphatic carbocycles. The van der Waals surface area contributed by atoms with Gasteiger partial charge < -0.3 is 20.2 Å². The molecule has 102 valence electrons. The molecule has 19 heavy (non-hydrogen) atoms. The summed E-state index contributed by atoms with van der Waals surface area (Å²) >= 11 is 0. The number of aliphatic hydroxyl groups excluding tert-OH is 1. The molecule has 0 aliphatic heterocycles. The van der Waals surface area contributed by atoms with E-state index in [4.69, 9.17) is 9.52 Å². The van der Waals surface area contributed by atoms with E-state index in [-0.39, 0.29) is 12.6 Å². The number of rotatable bonds is 6. The largest absolute Gasteiger partial charge is 0.406 e. The number of hydrogen-bond donors (Lipinski definition) is 3. The van der Waals surface area contributed by atoms with Crippen LogP contribution in [0, 0.1) is 0 Å². The molecule has 1 heterocycles. The number of nitrogens with one attached hydrogen (secondary N) is 2. The van der Waals surface area contributed by atoms with Gasteiger partial charge in [-0.1, -0.05) is 24.2 Å². The van der Waals surface area contributed by atoms with Crippen molar-refractivity contribution in [3.05, 3.63) is 35.7 Å². The Balaban J connectivity index is 2.02. The number of aromatic nitrogens is 2. The molecular formula is C13H18N4O2. The molecule has 0 spiro atoms. The molecule has 3 N–H and O–H groups in total. The zero-order chi connectivity index (χ0) is 13.7. The van der Waals surface area contributed by atoms with Crippen LogP contribution in [0.3, 0.4) is 0 Å². The van der Waals surface area contributed by atoms with Gasteiger partial charge in [0.15, 0.2) is 0 Å². The van der Waals surface area contributed by atoms with Crippen molar-refractivity contribution in [3.63, 3.8) is 0 Å². The van der Waals surface area contributed by atoms with Crippen molar-refractivity contribution in [1.29, 1.82) is 0 Å². The minimum Gasteiger partial charge on any atom is -0.406 e. The quantitative estimate of drug-likeness (QED) is 0.738. The second-order valence-electron chi connectivity index (χ2n) is 4.20. The van der Waals surface area contributed by atoms with E-state index in [1.165, 1.54) is 0 Å². The van der Waals surface area contributed by atoms with Crippen LogP contribution in [-0.4, -0.2) is 21.8 Å². The first-order valence-corrected chi connectivity index (χ1v) is 6.26. The van der Waals surface area contributed by atoms with E-state index in [9.17, 15) is 0 Å². The lowest BCUT2D eigenvalue weighted by atomic mass is 10.2. The van der Waals surface area contributed by atoms with E-state index in [0.717, 1.165) is 17.8 Å². The molecule has 2 rings (SSSR count). The average molecular weight is 262 g/mol. The topological polar surface area (TPSA) is 83.2 Å². The fourth-order valence-electron chi connectivity index (χ4n) is 1.67. The summed E-state index contributed by atoms with van der Waals surface area (Å²) < 4.78 is 5.51. The number of anilines is 2. The summed E-state index contributed by atoms with van der Waals surface area (Å²) in [7, 11) is 0. The predicted octanol–water partition coefficient (Wildman–Crippen LogP) is 1.98. The summed E-state index contributed by atoms with van der Waals surface area (Å²) in [6, 6.07) is 7.76. The Labute approximate surface area is 111 Å². The summed E-state index contributed by atoms with van der Waals surface area (Å²) in [5.74, 6) is 0.552. The van der Waals surface area contributed by atoms with E-state index < -0.39 is 0 Å². The van der Waals surface area contributed by atoms with Gasteiger partial charge in [-0.15, -0.1) is 5.10 Å². The van der Waals surface area contributed by atoms with Gasteiger partial charge >= 0.3 is 6.01 Å². The fourth-order valence-corrected chi connectivity index (χ4v) is 1.67. The van der Waals surface area contributed by atoms with Crippen LogP contribution < -0.4 is 10.6 Å². The highest BCUT2D eigenvalue weighted by molar-refractivity contribution is 5.52. The highest BCUT2D eigenvalue weighted by atomic mass is 16.4. The van der Waals surface area contributed by atoms with Gasteiger partial charge in [-0.3, -0.25) is 0 Å². The molecule has 1 atom stereocenters. The van der Waals surface area contributed by atoms with E-state index in [1.54, 1.807) is 0 Å². The maximum atomic E-state index is 8.96. The van der Waals surface area contributed by atoms with Gasteiger partial charge in [0.2, 0.25) is 5.89 Å². The van der Waals surface area contributed by atoms with Crippen LogP contribution in [0.15, 0.2) is 28.7 Å². The van der Waals surface area contributed by atoms with Crippen LogP contribution in [0.25, 0.3) is 0 Å². The summed E-state index contributed by atoms with van der Waals surface area (Å²) in [5.41, 5.74) is 1.70. The Morgan fingerprint density at radius 1 is 1.26 bits per heavy atom. The zero-order valence-electron chi connectivity index (χ0n) is 11.1. The third kappa shape index (κ3) is 3.52. The Bertz CT molecular complexity index is 510. The molecule has 1 unspecified atom stereocenters. The Morgan fingerprint density at radius 3 is 2.63 bits per heavy atom. The maximum Gasteiger partial charge on any atom is 0.320 e. The standard InChI is InChI=1S/C13H18N4O2/c1-3-14-9(2)12-16-17-13(19-12)15-11-6-4-10(8-18)5-7-11/h4-7,9,14,18H,3,8H2,1-2H3,(H,15,17). The van der Waals surface area contributed by atoms with Crippen molar-refractivity contribution in [3.8, 4) is 0 Å². The molecule has 2 aromatic rings. The average Bonchev–Trinajstić information content (AvgIpc) is 2.88. The molecule has 0 radical (unpaired) electrons. The molecule has 0 saturated heterocycles. The molecule has 1 aromatic carbocycles. The Hall–Kier alpha value is -1.92. The molecule has 0 aliphatic rings. The van der Waals surface area contributed by atoms with Gasteiger partial charge in [0.05, 0.1) is 12.6 Å². The first-order chi connectivity index (χ1) is 9.22. The lowest BCUT2D eigenvalue weighted by molar-refractivity contribution is 0.282. The number of aliphatic hydroxyl groups is 1. The van der Waals surface area contributed by atoms with Crippen LogP contribution in [-0.2, 0) is 6.61 Å². The zero-order valence-corrected chi connectivity index (χ0v) is 11.1. The Kier molecular flexibility index (Phi) is 4.48. The fraction of sp³-hybridized carbons (Fsp3) is 0.385. The van der Waals surface area contributed by atoms with Crippen molar-refractivity contribution >= 4 is 11.7 Å².